The molecule has 0 bridgehead atoms. The van der Waals surface area contributed by atoms with Gasteiger partial charge in [0.25, 0.3) is 10.0 Å². The van der Waals surface area contributed by atoms with Gasteiger partial charge in [0.15, 0.2) is 0 Å². The summed E-state index contributed by atoms with van der Waals surface area (Å²) in [4.78, 5) is 29.2. The number of nitrogens with zero attached hydrogens (tertiary/aromatic N) is 2. The first-order chi connectivity index (χ1) is 20.0. The highest BCUT2D eigenvalue weighted by Gasteiger charge is 2.34. The van der Waals surface area contributed by atoms with Crippen LogP contribution >= 0.6 is 11.6 Å². The highest BCUT2D eigenvalue weighted by molar-refractivity contribution is 7.92. The van der Waals surface area contributed by atoms with Crippen molar-refractivity contribution in [3.8, 4) is 0 Å². The van der Waals surface area contributed by atoms with Gasteiger partial charge >= 0.3 is 0 Å². The van der Waals surface area contributed by atoms with Crippen LogP contribution in [0.1, 0.15) is 61.3 Å². The van der Waals surface area contributed by atoms with Crippen molar-refractivity contribution in [2.75, 3.05) is 10.8 Å². The normalized spacial score (nSPS) is 14.7. The molecule has 0 aromatic heterocycles. The minimum atomic E-state index is -4.12. The average molecular weight is 610 g/mol. The number of nitrogens with one attached hydrogen (secondary N) is 1. The van der Waals surface area contributed by atoms with Gasteiger partial charge in [0.2, 0.25) is 11.8 Å². The van der Waals surface area contributed by atoms with Crippen LogP contribution in [-0.4, -0.2) is 43.8 Å². The van der Waals surface area contributed by atoms with E-state index in [1.165, 1.54) is 9.21 Å². The molecule has 42 heavy (non-hydrogen) atoms. The third kappa shape index (κ3) is 7.53. The highest BCUT2D eigenvalue weighted by Crippen LogP contribution is 2.29. The van der Waals surface area contributed by atoms with Crippen LogP contribution in [0, 0.1) is 20.8 Å². The molecule has 0 radical (unpaired) electrons. The summed E-state index contributed by atoms with van der Waals surface area (Å²) in [6.45, 7) is 6.95. The van der Waals surface area contributed by atoms with E-state index >= 15 is 0 Å². The third-order valence-corrected chi connectivity index (χ3v) is 10.1. The lowest BCUT2D eigenvalue weighted by Gasteiger charge is -2.33. The number of sulfonamides is 1. The van der Waals surface area contributed by atoms with E-state index in [1.807, 2.05) is 32.9 Å². The van der Waals surface area contributed by atoms with E-state index in [-0.39, 0.29) is 23.4 Å². The first-order valence-corrected chi connectivity index (χ1v) is 16.3. The maximum absolute atomic E-state index is 14.2. The number of hydrogen-bond donors (Lipinski definition) is 1. The molecule has 9 heteroatoms. The second-order valence-corrected chi connectivity index (χ2v) is 13.5. The van der Waals surface area contributed by atoms with Gasteiger partial charge in [-0.1, -0.05) is 72.8 Å². The van der Waals surface area contributed by atoms with Crippen LogP contribution in [0.25, 0.3) is 0 Å². The zero-order chi connectivity index (χ0) is 30.4. The summed E-state index contributed by atoms with van der Waals surface area (Å²) in [5, 5.41) is 3.64. The number of carbonyl (C=O) groups excluding carboxylic acids is 2. The van der Waals surface area contributed by atoms with Crippen molar-refractivity contribution in [2.24, 2.45) is 0 Å². The fraction of sp³-hybridized carbons (Fsp3) is 0.394. The first kappa shape index (κ1) is 31.6. The summed E-state index contributed by atoms with van der Waals surface area (Å²) in [6, 6.07) is 18.3. The number of benzene rings is 3. The predicted octanol–water partition coefficient (Wildman–Crippen LogP) is 6.33. The molecule has 1 atom stereocenters. The minimum Gasteiger partial charge on any atom is -0.352 e. The van der Waals surface area contributed by atoms with Crippen molar-refractivity contribution < 1.29 is 18.0 Å². The number of rotatable bonds is 10. The van der Waals surface area contributed by atoms with E-state index in [4.69, 9.17) is 11.6 Å². The second-order valence-electron chi connectivity index (χ2n) is 11.2. The van der Waals surface area contributed by atoms with E-state index < -0.39 is 28.5 Å². The number of hydrogen-bond acceptors (Lipinski definition) is 4. The topological polar surface area (TPSA) is 86.8 Å². The smallest absolute Gasteiger partial charge is 0.264 e. The van der Waals surface area contributed by atoms with Crippen LogP contribution < -0.4 is 9.62 Å². The van der Waals surface area contributed by atoms with Crippen molar-refractivity contribution in [1.82, 2.24) is 10.2 Å². The number of carbonyl (C=O) groups is 2. The largest absolute Gasteiger partial charge is 0.352 e. The monoisotopic (exact) mass is 609 g/mol. The molecule has 2 amide bonds. The van der Waals surface area contributed by atoms with E-state index in [0.717, 1.165) is 54.4 Å². The predicted molar refractivity (Wildman–Crippen MR) is 168 cm³/mol. The molecule has 1 aliphatic carbocycles. The van der Waals surface area contributed by atoms with Gasteiger partial charge in [0.1, 0.15) is 12.6 Å². The Hall–Kier alpha value is -3.36. The number of amides is 2. The minimum absolute atomic E-state index is 0.0742. The van der Waals surface area contributed by atoms with Gasteiger partial charge in [0, 0.05) is 17.6 Å². The maximum Gasteiger partial charge on any atom is 0.264 e. The first-order valence-electron chi connectivity index (χ1n) is 14.5. The van der Waals surface area contributed by atoms with Crippen LogP contribution in [0.5, 0.6) is 0 Å². The Labute approximate surface area is 254 Å². The molecule has 224 valence electrons. The van der Waals surface area contributed by atoms with Gasteiger partial charge in [-0.05, 0) is 87.6 Å². The molecule has 0 heterocycles. The molecular formula is C33H40ClN3O4S. The lowest BCUT2D eigenvalue weighted by Crippen LogP contribution is -2.53. The molecule has 1 saturated carbocycles. The lowest BCUT2D eigenvalue weighted by atomic mass is 9.95. The second kappa shape index (κ2) is 13.7. The highest BCUT2D eigenvalue weighted by atomic mass is 35.5. The van der Waals surface area contributed by atoms with Crippen molar-refractivity contribution in [2.45, 2.75) is 83.3 Å². The molecule has 0 saturated heterocycles. The molecule has 1 fully saturated rings. The Morgan fingerprint density at radius 1 is 0.952 bits per heavy atom. The maximum atomic E-state index is 14.2. The Morgan fingerprint density at radius 3 is 2.29 bits per heavy atom. The molecule has 7 nitrogen and oxygen atoms in total. The summed E-state index contributed by atoms with van der Waals surface area (Å²) in [5.41, 5.74) is 3.75. The molecule has 1 unspecified atom stereocenters. The number of halogens is 1. The van der Waals surface area contributed by atoms with E-state index in [1.54, 1.807) is 61.5 Å². The number of aryl methyl sites for hydroxylation is 2. The van der Waals surface area contributed by atoms with Gasteiger partial charge < -0.3 is 10.2 Å². The van der Waals surface area contributed by atoms with Gasteiger partial charge in [-0.2, -0.15) is 0 Å². The standard InChI is InChI=1S/C33H40ClN3O4S/c1-23-16-18-30(19-17-23)42(40,41)37(31-15-8-10-24(2)25(31)3)22-32(38)36(21-27-11-9-12-28(34)20-27)26(4)33(39)35-29-13-6-5-7-14-29/h8-12,15-20,26,29H,5-7,13-14,21-22H2,1-4H3,(H,35,39). The molecule has 1 N–H and O–H groups in total. The zero-order valence-corrected chi connectivity index (χ0v) is 26.3. The summed E-state index contributed by atoms with van der Waals surface area (Å²) in [5.74, 6) is -0.741. The Morgan fingerprint density at radius 2 is 1.62 bits per heavy atom. The molecule has 0 spiro atoms. The summed E-state index contributed by atoms with van der Waals surface area (Å²) in [7, 11) is -4.12. The van der Waals surface area contributed by atoms with Gasteiger partial charge in [-0.15, -0.1) is 0 Å². The van der Waals surface area contributed by atoms with E-state index in [9.17, 15) is 18.0 Å². The average Bonchev–Trinajstić information content (AvgIpc) is 2.96. The molecule has 0 aliphatic heterocycles. The van der Waals surface area contributed by atoms with Gasteiger partial charge in [-0.3, -0.25) is 13.9 Å². The molecule has 3 aromatic rings. The van der Waals surface area contributed by atoms with Crippen LogP contribution in [-0.2, 0) is 26.2 Å². The van der Waals surface area contributed by atoms with Crippen LogP contribution in [0.15, 0.2) is 71.6 Å². The van der Waals surface area contributed by atoms with Crippen LogP contribution in [0.4, 0.5) is 5.69 Å². The van der Waals surface area contributed by atoms with Crippen molar-refractivity contribution in [1.29, 1.82) is 0 Å². The van der Waals surface area contributed by atoms with Gasteiger partial charge in [0.05, 0.1) is 10.6 Å². The fourth-order valence-corrected chi connectivity index (χ4v) is 7.02. The quantitative estimate of drug-likeness (QED) is 0.291. The molecule has 4 rings (SSSR count). The summed E-state index contributed by atoms with van der Waals surface area (Å²) < 4.78 is 29.4. The van der Waals surface area contributed by atoms with Gasteiger partial charge in [-0.25, -0.2) is 8.42 Å². The summed E-state index contributed by atoms with van der Waals surface area (Å²) in [6.07, 6.45) is 5.11. The molecule has 3 aromatic carbocycles. The van der Waals surface area contributed by atoms with Crippen LogP contribution in [0.2, 0.25) is 5.02 Å². The summed E-state index contributed by atoms with van der Waals surface area (Å²) >= 11 is 6.24. The lowest BCUT2D eigenvalue weighted by molar-refractivity contribution is -0.139. The third-order valence-electron chi connectivity index (χ3n) is 8.09. The molecular weight excluding hydrogens is 570 g/mol. The zero-order valence-electron chi connectivity index (χ0n) is 24.8. The van der Waals surface area contributed by atoms with Crippen molar-refractivity contribution in [3.05, 3.63) is 94.0 Å². The fourth-order valence-electron chi connectivity index (χ4n) is 5.34. The Balaban J connectivity index is 1.71. The SMILES string of the molecule is Cc1ccc(S(=O)(=O)N(CC(=O)N(Cc2cccc(Cl)c2)C(C)C(=O)NC2CCCCC2)c2cccc(C)c2C)cc1. The van der Waals surface area contributed by atoms with Crippen molar-refractivity contribution in [3.63, 3.8) is 0 Å². The number of anilines is 1. The van der Waals surface area contributed by atoms with Crippen LogP contribution in [0.3, 0.4) is 0 Å². The Kier molecular flexibility index (Phi) is 10.3. The Bertz CT molecular complexity index is 1520. The van der Waals surface area contributed by atoms with Crippen molar-refractivity contribution >= 4 is 39.1 Å². The van der Waals surface area contributed by atoms with E-state index in [2.05, 4.69) is 5.32 Å². The molecule has 1 aliphatic rings. The van der Waals surface area contributed by atoms with E-state index in [0.29, 0.717) is 10.7 Å².